The van der Waals surface area contributed by atoms with Crippen LogP contribution in [0.15, 0.2) is 37.2 Å². The van der Waals surface area contributed by atoms with Gasteiger partial charge < -0.3 is 19.9 Å². The van der Waals surface area contributed by atoms with Gasteiger partial charge in [0.1, 0.15) is 12.0 Å². The minimum Gasteiger partial charge on any atom is -0.369 e. The second-order valence-corrected chi connectivity index (χ2v) is 5.78. The number of hydrogen-bond acceptors (Lipinski definition) is 6. The number of carbonyl (C=O) groups excluding carboxylic acids is 1. The summed E-state index contributed by atoms with van der Waals surface area (Å²) >= 11 is 0. The van der Waals surface area contributed by atoms with Crippen LogP contribution in [0.1, 0.15) is 6.42 Å². The molecule has 1 radical (unpaired) electrons. The maximum Gasteiger partial charge on any atom is 0.290 e. The number of H-pyrrole nitrogens is 1. The van der Waals surface area contributed by atoms with Crippen LogP contribution in [0, 0.1) is 0 Å². The van der Waals surface area contributed by atoms with Crippen molar-refractivity contribution in [1.82, 2.24) is 25.2 Å². The zero-order valence-corrected chi connectivity index (χ0v) is 13.0. The lowest BCUT2D eigenvalue weighted by Crippen LogP contribution is -2.35. The van der Waals surface area contributed by atoms with E-state index in [1.165, 1.54) is 13.7 Å². The second-order valence-electron chi connectivity index (χ2n) is 5.78. The van der Waals surface area contributed by atoms with Crippen molar-refractivity contribution in [2.45, 2.75) is 12.5 Å². The molecule has 0 amide bonds. The van der Waals surface area contributed by atoms with E-state index < -0.39 is 0 Å². The van der Waals surface area contributed by atoms with E-state index in [0.717, 1.165) is 53.5 Å². The first kappa shape index (κ1) is 14.8. The standard InChI is InChI=1S/C16H16BN6O/c24-9-17-22-12-2-4-23(8-12)14-1-3-20-16-15(14)13(7-21-16)11-5-18-10-19-6-11/h1,3,5-7,9-10,12,22H,2,4,8H2,(H,20,21)/t12-/m0/s1. The fourth-order valence-electron chi connectivity index (χ4n) is 3.26. The zero-order chi connectivity index (χ0) is 16.4. The Morgan fingerprint density at radius 1 is 1.38 bits per heavy atom. The number of hydrogen-bond donors (Lipinski definition) is 2. The van der Waals surface area contributed by atoms with Crippen molar-refractivity contribution in [3.05, 3.63) is 37.2 Å². The molecule has 0 bridgehead atoms. The number of carbonyl (C=O) groups is 1. The van der Waals surface area contributed by atoms with Gasteiger partial charge in [0.2, 0.25) is 0 Å². The van der Waals surface area contributed by atoms with Gasteiger partial charge in [0, 0.05) is 60.7 Å². The molecule has 3 aromatic heterocycles. The van der Waals surface area contributed by atoms with Gasteiger partial charge in [-0.05, 0) is 12.5 Å². The molecule has 0 aliphatic carbocycles. The first-order valence-corrected chi connectivity index (χ1v) is 7.86. The van der Waals surface area contributed by atoms with Gasteiger partial charge in [-0.25, -0.2) is 15.0 Å². The highest BCUT2D eigenvalue weighted by atomic mass is 16.1. The number of anilines is 1. The lowest BCUT2D eigenvalue weighted by Gasteiger charge is -2.20. The summed E-state index contributed by atoms with van der Waals surface area (Å²) in [6.07, 6.45) is 10.7. The number of fused-ring (bicyclic) bond motifs is 1. The predicted molar refractivity (Wildman–Crippen MR) is 93.4 cm³/mol. The highest BCUT2D eigenvalue weighted by Gasteiger charge is 2.25. The summed E-state index contributed by atoms with van der Waals surface area (Å²) < 4.78 is 0. The molecule has 1 aliphatic heterocycles. The molecular weight excluding hydrogens is 303 g/mol. The van der Waals surface area contributed by atoms with E-state index in [9.17, 15) is 4.79 Å². The molecule has 1 atom stereocenters. The number of aromatic amines is 1. The molecule has 0 spiro atoms. The van der Waals surface area contributed by atoms with E-state index in [1.54, 1.807) is 12.4 Å². The van der Waals surface area contributed by atoms with E-state index in [0.29, 0.717) is 0 Å². The lowest BCUT2D eigenvalue weighted by molar-refractivity contribution is 0.566. The van der Waals surface area contributed by atoms with E-state index >= 15 is 0 Å². The van der Waals surface area contributed by atoms with Crippen LogP contribution in [0.3, 0.4) is 0 Å². The molecule has 4 heterocycles. The maximum atomic E-state index is 10.5. The third-order valence-electron chi connectivity index (χ3n) is 4.35. The van der Waals surface area contributed by atoms with Crippen molar-refractivity contribution in [3.8, 4) is 11.1 Å². The van der Waals surface area contributed by atoms with E-state index in [-0.39, 0.29) is 6.04 Å². The summed E-state index contributed by atoms with van der Waals surface area (Å²) in [5, 5.41) is 4.22. The van der Waals surface area contributed by atoms with Crippen LogP contribution in [-0.2, 0) is 4.79 Å². The van der Waals surface area contributed by atoms with Crippen LogP contribution in [0.5, 0.6) is 0 Å². The summed E-state index contributed by atoms with van der Waals surface area (Å²) in [4.78, 5) is 28.7. The molecule has 24 heavy (non-hydrogen) atoms. The highest BCUT2D eigenvalue weighted by molar-refractivity contribution is 6.64. The number of rotatable bonds is 5. The van der Waals surface area contributed by atoms with Gasteiger partial charge in [0.15, 0.2) is 0 Å². The van der Waals surface area contributed by atoms with Crippen molar-refractivity contribution in [3.63, 3.8) is 0 Å². The molecule has 2 N–H and O–H groups in total. The maximum absolute atomic E-state index is 10.5. The molecule has 119 valence electrons. The largest absolute Gasteiger partial charge is 0.369 e. The monoisotopic (exact) mass is 319 g/mol. The van der Waals surface area contributed by atoms with E-state index in [2.05, 4.69) is 30.1 Å². The fourth-order valence-corrected chi connectivity index (χ4v) is 3.26. The molecule has 0 aromatic carbocycles. The molecular formula is C16H16BN6O. The Morgan fingerprint density at radius 2 is 2.25 bits per heavy atom. The Morgan fingerprint density at radius 3 is 3.08 bits per heavy atom. The summed E-state index contributed by atoms with van der Waals surface area (Å²) in [6, 6.07) is 2.32. The van der Waals surface area contributed by atoms with Gasteiger partial charge in [-0.2, -0.15) is 0 Å². The average molecular weight is 319 g/mol. The molecule has 4 rings (SSSR count). The smallest absolute Gasteiger partial charge is 0.290 e. The molecule has 1 fully saturated rings. The second kappa shape index (κ2) is 6.41. The normalized spacial score (nSPS) is 17.3. The van der Waals surface area contributed by atoms with Gasteiger partial charge in [-0.3, -0.25) is 0 Å². The van der Waals surface area contributed by atoms with E-state index in [1.807, 2.05) is 18.5 Å². The predicted octanol–water partition coefficient (Wildman–Crippen LogP) is 0.998. The van der Waals surface area contributed by atoms with Crippen LogP contribution in [0.4, 0.5) is 5.69 Å². The molecule has 1 aliphatic rings. The lowest BCUT2D eigenvalue weighted by atomic mass is 9.96. The molecule has 0 unspecified atom stereocenters. The highest BCUT2D eigenvalue weighted by Crippen LogP contribution is 2.35. The van der Waals surface area contributed by atoms with Crippen molar-refractivity contribution >= 4 is 30.3 Å². The van der Waals surface area contributed by atoms with Gasteiger partial charge in [-0.15, -0.1) is 0 Å². The summed E-state index contributed by atoms with van der Waals surface area (Å²) in [5.74, 6) is 0. The van der Waals surface area contributed by atoms with Crippen molar-refractivity contribution in [2.75, 3.05) is 18.0 Å². The minimum absolute atomic E-state index is 0.279. The molecule has 3 aromatic rings. The third-order valence-corrected chi connectivity index (χ3v) is 4.35. The number of nitrogens with one attached hydrogen (secondary N) is 2. The van der Waals surface area contributed by atoms with Crippen LogP contribution >= 0.6 is 0 Å². The van der Waals surface area contributed by atoms with Crippen molar-refractivity contribution in [1.29, 1.82) is 0 Å². The Bertz CT molecular complexity index is 852. The fraction of sp³-hybridized carbons (Fsp3) is 0.250. The Hall–Kier alpha value is -2.74. The zero-order valence-electron chi connectivity index (χ0n) is 13.0. The van der Waals surface area contributed by atoms with Gasteiger partial charge >= 0.3 is 0 Å². The first-order chi connectivity index (χ1) is 11.9. The topological polar surface area (TPSA) is 86.8 Å². The average Bonchev–Trinajstić information content (AvgIpc) is 3.27. The number of aromatic nitrogens is 4. The Balaban J connectivity index is 1.71. The minimum atomic E-state index is 0.279. The number of pyridine rings is 1. The molecule has 7 nitrogen and oxygen atoms in total. The Labute approximate surface area is 139 Å². The van der Waals surface area contributed by atoms with Gasteiger partial charge in [-0.1, -0.05) is 0 Å². The van der Waals surface area contributed by atoms with E-state index in [4.69, 9.17) is 0 Å². The van der Waals surface area contributed by atoms with Gasteiger partial charge in [0.25, 0.3) is 7.41 Å². The van der Waals surface area contributed by atoms with Crippen LogP contribution in [0.25, 0.3) is 22.2 Å². The third kappa shape index (κ3) is 2.65. The van der Waals surface area contributed by atoms with Crippen molar-refractivity contribution in [2.24, 2.45) is 0 Å². The summed E-state index contributed by atoms with van der Waals surface area (Å²) in [5.41, 5.74) is 3.99. The van der Waals surface area contributed by atoms with Crippen LogP contribution in [-0.4, -0.2) is 52.7 Å². The molecule has 1 saturated heterocycles. The van der Waals surface area contributed by atoms with Gasteiger partial charge in [0.05, 0.1) is 11.6 Å². The van der Waals surface area contributed by atoms with Crippen LogP contribution in [0.2, 0.25) is 0 Å². The van der Waals surface area contributed by atoms with Crippen LogP contribution < -0.4 is 10.1 Å². The quantitative estimate of drug-likeness (QED) is 0.539. The summed E-state index contributed by atoms with van der Waals surface area (Å²) in [7, 11) is 1.47. The number of nitrogens with zero attached hydrogens (tertiary/aromatic N) is 4. The van der Waals surface area contributed by atoms with Crippen molar-refractivity contribution < 1.29 is 4.79 Å². The first-order valence-electron chi connectivity index (χ1n) is 7.86. The molecule has 8 heteroatoms. The SMILES string of the molecule is O=C[B]N[C@H]1CCN(c2ccnc3[nH]cc(-c4cncnc4)c23)C1. The summed E-state index contributed by atoms with van der Waals surface area (Å²) in [6.45, 7) is 1.78. The molecule has 0 saturated carbocycles. The Kier molecular flexibility index (Phi) is 3.96.